The predicted octanol–water partition coefficient (Wildman–Crippen LogP) is 5.30. The van der Waals surface area contributed by atoms with E-state index in [-0.39, 0.29) is 28.3 Å². The number of benzene rings is 2. The molecular formula is C28H26CoN2O4. The minimum Gasteiger partial charge on any atom is -0.493 e. The maximum Gasteiger partial charge on any atom is 0.228 e. The molecule has 4 rings (SSSR count). The number of ketones is 2. The molecule has 0 aliphatic heterocycles. The van der Waals surface area contributed by atoms with E-state index in [0.717, 1.165) is 11.4 Å². The summed E-state index contributed by atoms with van der Waals surface area (Å²) in [5.74, 6) is 0.485. The Morgan fingerprint density at radius 3 is 1.34 bits per heavy atom. The zero-order valence-electron chi connectivity index (χ0n) is 19.4. The molecule has 2 aliphatic carbocycles. The number of allylic oxidation sites excluding steroid dienone is 8. The zero-order valence-corrected chi connectivity index (χ0v) is 20.4. The molecule has 0 saturated carbocycles. The maximum absolute atomic E-state index is 11.8. The Kier molecular flexibility index (Phi) is 11.1. The van der Waals surface area contributed by atoms with Crippen molar-refractivity contribution in [3.05, 3.63) is 132 Å². The largest absolute Gasteiger partial charge is 0.493 e. The van der Waals surface area contributed by atoms with Crippen LogP contribution in [0.2, 0.25) is 0 Å². The van der Waals surface area contributed by atoms with Crippen molar-refractivity contribution in [1.82, 2.24) is 0 Å². The first-order chi connectivity index (χ1) is 16.6. The second kappa shape index (κ2) is 14.2. The number of ether oxygens (including phenoxy) is 2. The quantitative estimate of drug-likeness (QED) is 0.511. The Hall–Kier alpha value is -4.07. The fraction of sp³-hybridized carbons (Fsp3) is 0.0714. The van der Waals surface area contributed by atoms with Crippen molar-refractivity contribution in [3.63, 3.8) is 0 Å². The normalized spacial score (nSPS) is 16.4. The number of rotatable bonds is 6. The molecule has 2 aliphatic rings. The number of hydrogen-bond donors (Lipinski definition) is 2. The van der Waals surface area contributed by atoms with Gasteiger partial charge in [-0.1, -0.05) is 48.6 Å². The van der Waals surface area contributed by atoms with Crippen LogP contribution in [0.4, 0.5) is 11.4 Å². The van der Waals surface area contributed by atoms with Crippen LogP contribution in [0.25, 0.3) is 0 Å². The molecule has 0 amide bonds. The molecular weight excluding hydrogens is 487 g/mol. The third-order valence-corrected chi connectivity index (χ3v) is 4.79. The number of anilines is 2. The van der Waals surface area contributed by atoms with Gasteiger partial charge in [0.05, 0.1) is 14.2 Å². The molecule has 2 aromatic rings. The summed E-state index contributed by atoms with van der Waals surface area (Å²) in [5, 5.41) is 6.15. The summed E-state index contributed by atoms with van der Waals surface area (Å²) in [5.41, 5.74) is 3.03. The first-order valence-electron chi connectivity index (χ1n) is 10.6. The number of methoxy groups -OCH3 is 2. The van der Waals surface area contributed by atoms with Crippen molar-refractivity contribution in [2.75, 3.05) is 24.9 Å². The predicted molar refractivity (Wildman–Crippen MR) is 135 cm³/mol. The summed E-state index contributed by atoms with van der Waals surface area (Å²) >= 11 is 0. The summed E-state index contributed by atoms with van der Waals surface area (Å²) in [6.45, 7) is 0. The third kappa shape index (κ3) is 8.03. The molecule has 1 radical (unpaired) electrons. The Morgan fingerprint density at radius 2 is 1.00 bits per heavy atom. The molecule has 6 nitrogen and oxygen atoms in total. The van der Waals surface area contributed by atoms with Crippen LogP contribution < -0.4 is 10.6 Å². The van der Waals surface area contributed by atoms with E-state index in [2.05, 4.69) is 10.6 Å². The second-order valence-electron chi connectivity index (χ2n) is 7.07. The topological polar surface area (TPSA) is 76.7 Å². The van der Waals surface area contributed by atoms with Gasteiger partial charge in [-0.15, -0.1) is 0 Å². The van der Waals surface area contributed by atoms with Crippen molar-refractivity contribution < 1.29 is 35.8 Å². The SMILES string of the molecule is COC1=CC=CC(=CNc2ccccc2)C1=O.COC1=CC=CC(=CNc2ccccc2)C1=O.[Co]. The summed E-state index contributed by atoms with van der Waals surface area (Å²) < 4.78 is 9.95. The van der Waals surface area contributed by atoms with E-state index >= 15 is 0 Å². The molecule has 35 heavy (non-hydrogen) atoms. The molecule has 2 aromatic carbocycles. The molecule has 0 fully saturated rings. The average Bonchev–Trinajstić information content (AvgIpc) is 2.89. The maximum atomic E-state index is 11.8. The first kappa shape index (κ1) is 27.2. The Balaban J connectivity index is 0.000000240. The first-order valence-corrected chi connectivity index (χ1v) is 10.6. The molecule has 2 N–H and O–H groups in total. The van der Waals surface area contributed by atoms with Crippen LogP contribution in [0.3, 0.4) is 0 Å². The number of hydrogen-bond acceptors (Lipinski definition) is 6. The van der Waals surface area contributed by atoms with Gasteiger partial charge in [-0.05, 0) is 48.6 Å². The fourth-order valence-electron chi connectivity index (χ4n) is 3.01. The summed E-state index contributed by atoms with van der Waals surface area (Å²) in [6.07, 6.45) is 13.8. The minimum atomic E-state index is -0.113. The Labute approximate surface area is 215 Å². The summed E-state index contributed by atoms with van der Waals surface area (Å²) in [4.78, 5) is 23.6. The van der Waals surface area contributed by atoms with Crippen LogP contribution in [-0.2, 0) is 35.8 Å². The number of nitrogens with one attached hydrogen (secondary N) is 2. The van der Waals surface area contributed by atoms with E-state index in [0.29, 0.717) is 22.7 Å². The van der Waals surface area contributed by atoms with Crippen LogP contribution in [0.1, 0.15) is 0 Å². The van der Waals surface area contributed by atoms with Gasteiger partial charge in [-0.2, -0.15) is 0 Å². The van der Waals surface area contributed by atoms with Crippen LogP contribution in [0, 0.1) is 0 Å². The van der Waals surface area contributed by atoms with E-state index in [4.69, 9.17) is 9.47 Å². The molecule has 0 bridgehead atoms. The van der Waals surface area contributed by atoms with Crippen molar-refractivity contribution in [1.29, 1.82) is 0 Å². The van der Waals surface area contributed by atoms with E-state index < -0.39 is 0 Å². The van der Waals surface area contributed by atoms with Gasteiger partial charge in [0.2, 0.25) is 11.6 Å². The van der Waals surface area contributed by atoms with Crippen molar-refractivity contribution in [2.45, 2.75) is 0 Å². The number of Topliss-reactive ketones (excluding diaryl/α,β-unsaturated/α-hetero) is 2. The average molecular weight is 513 g/mol. The minimum absolute atomic E-state index is 0. The third-order valence-electron chi connectivity index (χ3n) is 4.79. The smallest absolute Gasteiger partial charge is 0.228 e. The Morgan fingerprint density at radius 1 is 0.629 bits per heavy atom. The molecule has 0 aromatic heterocycles. The number of carbonyl (C=O) groups excluding carboxylic acids is 2. The van der Waals surface area contributed by atoms with Crippen LogP contribution in [0.15, 0.2) is 132 Å². The molecule has 0 saturated heterocycles. The van der Waals surface area contributed by atoms with Crippen molar-refractivity contribution >= 4 is 22.9 Å². The van der Waals surface area contributed by atoms with Crippen LogP contribution in [0.5, 0.6) is 0 Å². The summed E-state index contributed by atoms with van der Waals surface area (Å²) in [6, 6.07) is 19.3. The van der Waals surface area contributed by atoms with Gasteiger partial charge < -0.3 is 20.1 Å². The van der Waals surface area contributed by atoms with E-state index in [1.807, 2.05) is 60.7 Å². The van der Waals surface area contributed by atoms with Crippen molar-refractivity contribution in [3.8, 4) is 0 Å². The van der Waals surface area contributed by atoms with Gasteiger partial charge >= 0.3 is 0 Å². The fourth-order valence-corrected chi connectivity index (χ4v) is 3.01. The number of carbonyl (C=O) groups is 2. The number of para-hydroxylation sites is 2. The second-order valence-corrected chi connectivity index (χ2v) is 7.07. The Bertz CT molecular complexity index is 1100. The molecule has 0 spiro atoms. The van der Waals surface area contributed by atoms with E-state index in [1.54, 1.807) is 48.9 Å². The van der Waals surface area contributed by atoms with Gasteiger partial charge in [-0.25, -0.2) is 0 Å². The molecule has 181 valence electrons. The molecule has 0 heterocycles. The van der Waals surface area contributed by atoms with Gasteiger partial charge in [0.25, 0.3) is 0 Å². The molecule has 0 unspecified atom stereocenters. The van der Waals surface area contributed by atoms with Crippen LogP contribution >= 0.6 is 0 Å². The monoisotopic (exact) mass is 513 g/mol. The van der Waals surface area contributed by atoms with Gasteiger partial charge in [0, 0.05) is 51.7 Å². The molecule has 0 atom stereocenters. The molecule has 7 heteroatoms. The van der Waals surface area contributed by atoms with E-state index in [9.17, 15) is 9.59 Å². The van der Waals surface area contributed by atoms with Gasteiger partial charge in [0.1, 0.15) is 0 Å². The standard InChI is InChI=1S/2C14H13NO2.Co/c2*1-17-13-9-5-6-11(14(13)16)10-15-12-7-3-2-4-8-12;/h2*2-10,15H,1H3;. The van der Waals surface area contributed by atoms with Gasteiger partial charge in [0.15, 0.2) is 11.5 Å². The van der Waals surface area contributed by atoms with E-state index in [1.165, 1.54) is 14.2 Å². The zero-order chi connectivity index (χ0) is 24.2. The summed E-state index contributed by atoms with van der Waals surface area (Å²) in [7, 11) is 2.98. The van der Waals surface area contributed by atoms with Crippen molar-refractivity contribution in [2.24, 2.45) is 0 Å². The van der Waals surface area contributed by atoms with Gasteiger partial charge in [-0.3, -0.25) is 9.59 Å². The van der Waals surface area contributed by atoms with Crippen LogP contribution in [-0.4, -0.2) is 25.8 Å².